The number of benzene rings is 1. The number of aryl methyl sites for hydroxylation is 1. The Morgan fingerprint density at radius 2 is 2.07 bits per heavy atom. The molecule has 0 amide bonds. The Balaban J connectivity index is 2.57. The monoisotopic (exact) mass is 270 g/mol. The van der Waals surface area contributed by atoms with E-state index in [2.05, 4.69) is 53.0 Å². The Labute approximate surface area is 101 Å². The lowest BCUT2D eigenvalue weighted by Crippen LogP contribution is -2.19. The number of unbranched alkanes of at least 4 members (excludes halogenated alkanes) is 1. The van der Waals surface area contributed by atoms with Gasteiger partial charge in [-0.1, -0.05) is 22.0 Å². The zero-order valence-electron chi connectivity index (χ0n) is 9.46. The molecule has 0 saturated carbocycles. The fourth-order valence-corrected chi connectivity index (χ4v) is 1.81. The average molecular weight is 271 g/mol. The highest BCUT2D eigenvalue weighted by atomic mass is 79.9. The second-order valence-electron chi connectivity index (χ2n) is 3.85. The van der Waals surface area contributed by atoms with Crippen LogP contribution in [0.4, 0.5) is 5.69 Å². The maximum absolute atomic E-state index is 5.47. The smallest absolute Gasteiger partial charge is 0.0375 e. The van der Waals surface area contributed by atoms with Crippen LogP contribution >= 0.6 is 15.9 Å². The van der Waals surface area contributed by atoms with E-state index in [9.17, 15) is 0 Å². The molecule has 3 heteroatoms. The van der Waals surface area contributed by atoms with Crippen molar-refractivity contribution in [1.82, 2.24) is 0 Å². The fraction of sp³-hybridized carbons (Fsp3) is 0.500. The largest absolute Gasteiger partial charge is 0.375 e. The molecule has 0 fully saturated rings. The van der Waals surface area contributed by atoms with E-state index >= 15 is 0 Å². The van der Waals surface area contributed by atoms with Crippen molar-refractivity contribution in [2.45, 2.75) is 19.8 Å². The molecule has 0 heterocycles. The first-order valence-corrected chi connectivity index (χ1v) is 6.12. The lowest BCUT2D eigenvalue weighted by atomic mass is 10.2. The maximum atomic E-state index is 5.47. The summed E-state index contributed by atoms with van der Waals surface area (Å²) in [4.78, 5) is 2.26. The van der Waals surface area contributed by atoms with Crippen molar-refractivity contribution >= 4 is 21.6 Å². The first-order valence-electron chi connectivity index (χ1n) is 5.32. The van der Waals surface area contributed by atoms with Gasteiger partial charge in [0, 0.05) is 23.8 Å². The number of nitrogens with zero attached hydrogens (tertiary/aromatic N) is 1. The Morgan fingerprint density at radius 1 is 1.33 bits per heavy atom. The van der Waals surface area contributed by atoms with Crippen LogP contribution in [0.1, 0.15) is 18.4 Å². The van der Waals surface area contributed by atoms with Crippen molar-refractivity contribution in [3.8, 4) is 0 Å². The Morgan fingerprint density at radius 3 is 2.67 bits per heavy atom. The van der Waals surface area contributed by atoms with Gasteiger partial charge in [0.25, 0.3) is 0 Å². The third-order valence-corrected chi connectivity index (χ3v) is 3.40. The first kappa shape index (κ1) is 12.5. The standard InChI is InChI=1S/C12H19BrN2/c1-10-5-6-11(9-12(10)13)15(2)8-4-3-7-14/h5-6,9H,3-4,7-8,14H2,1-2H3. The summed E-state index contributed by atoms with van der Waals surface area (Å²) in [7, 11) is 2.12. The second-order valence-corrected chi connectivity index (χ2v) is 4.71. The number of nitrogens with two attached hydrogens (primary N) is 1. The van der Waals surface area contributed by atoms with E-state index < -0.39 is 0 Å². The van der Waals surface area contributed by atoms with Crippen molar-refractivity contribution in [2.75, 3.05) is 25.0 Å². The molecule has 0 bridgehead atoms. The molecule has 2 nitrogen and oxygen atoms in total. The van der Waals surface area contributed by atoms with Gasteiger partial charge in [-0.3, -0.25) is 0 Å². The molecule has 0 aromatic heterocycles. The van der Waals surface area contributed by atoms with Crippen LogP contribution in [-0.2, 0) is 0 Å². The third kappa shape index (κ3) is 3.84. The molecule has 0 aliphatic carbocycles. The molecule has 0 saturated heterocycles. The van der Waals surface area contributed by atoms with Gasteiger partial charge >= 0.3 is 0 Å². The summed E-state index contributed by atoms with van der Waals surface area (Å²) in [5.41, 5.74) is 8.00. The minimum Gasteiger partial charge on any atom is -0.375 e. The van der Waals surface area contributed by atoms with Gasteiger partial charge < -0.3 is 10.6 Å². The molecule has 0 aliphatic rings. The van der Waals surface area contributed by atoms with Gasteiger partial charge in [-0.2, -0.15) is 0 Å². The summed E-state index contributed by atoms with van der Waals surface area (Å²) >= 11 is 3.55. The van der Waals surface area contributed by atoms with Crippen molar-refractivity contribution in [3.05, 3.63) is 28.2 Å². The molecule has 0 atom stereocenters. The number of anilines is 1. The minimum atomic E-state index is 0.783. The summed E-state index contributed by atoms with van der Waals surface area (Å²) in [5, 5.41) is 0. The number of hydrogen-bond acceptors (Lipinski definition) is 2. The van der Waals surface area contributed by atoms with Crippen LogP contribution in [0.2, 0.25) is 0 Å². The third-order valence-electron chi connectivity index (χ3n) is 2.54. The first-order chi connectivity index (χ1) is 7.15. The van der Waals surface area contributed by atoms with Crippen molar-refractivity contribution in [2.24, 2.45) is 5.73 Å². The van der Waals surface area contributed by atoms with Crippen LogP contribution in [0, 0.1) is 6.92 Å². The fourth-order valence-electron chi connectivity index (χ4n) is 1.44. The quantitative estimate of drug-likeness (QED) is 0.834. The number of halogens is 1. The molecule has 1 aromatic rings. The summed E-state index contributed by atoms with van der Waals surface area (Å²) in [6.07, 6.45) is 2.25. The lowest BCUT2D eigenvalue weighted by molar-refractivity contribution is 0.728. The number of rotatable bonds is 5. The maximum Gasteiger partial charge on any atom is 0.0375 e. The van der Waals surface area contributed by atoms with E-state index in [4.69, 9.17) is 5.73 Å². The van der Waals surface area contributed by atoms with Crippen LogP contribution in [0.15, 0.2) is 22.7 Å². The van der Waals surface area contributed by atoms with Gasteiger partial charge in [0.05, 0.1) is 0 Å². The zero-order chi connectivity index (χ0) is 11.3. The molecule has 1 rings (SSSR count). The molecular formula is C12H19BrN2. The van der Waals surface area contributed by atoms with E-state index in [0.29, 0.717) is 0 Å². The average Bonchev–Trinajstić information content (AvgIpc) is 2.22. The highest BCUT2D eigenvalue weighted by Gasteiger charge is 2.02. The summed E-state index contributed by atoms with van der Waals surface area (Å²) in [5.74, 6) is 0. The summed E-state index contributed by atoms with van der Waals surface area (Å²) < 4.78 is 1.17. The summed E-state index contributed by atoms with van der Waals surface area (Å²) in [6, 6.07) is 6.46. The van der Waals surface area contributed by atoms with Crippen molar-refractivity contribution in [1.29, 1.82) is 0 Å². The molecule has 0 aliphatic heterocycles. The van der Waals surface area contributed by atoms with E-state index in [-0.39, 0.29) is 0 Å². The predicted octanol–water partition coefficient (Wildman–Crippen LogP) is 2.93. The molecule has 0 spiro atoms. The van der Waals surface area contributed by atoms with Gasteiger partial charge in [0.15, 0.2) is 0 Å². The highest BCUT2D eigenvalue weighted by molar-refractivity contribution is 9.10. The molecular weight excluding hydrogens is 252 g/mol. The Kier molecular flexibility index (Phi) is 5.12. The van der Waals surface area contributed by atoms with E-state index in [1.165, 1.54) is 15.7 Å². The number of hydrogen-bond donors (Lipinski definition) is 1. The van der Waals surface area contributed by atoms with Crippen LogP contribution < -0.4 is 10.6 Å². The SMILES string of the molecule is Cc1ccc(N(C)CCCCN)cc1Br. The molecule has 15 heavy (non-hydrogen) atoms. The van der Waals surface area contributed by atoms with Gasteiger partial charge in [-0.15, -0.1) is 0 Å². The molecule has 0 radical (unpaired) electrons. The molecule has 2 N–H and O–H groups in total. The predicted molar refractivity (Wildman–Crippen MR) is 70.4 cm³/mol. The molecule has 1 aromatic carbocycles. The zero-order valence-corrected chi connectivity index (χ0v) is 11.0. The Hall–Kier alpha value is -0.540. The lowest BCUT2D eigenvalue weighted by Gasteiger charge is -2.19. The van der Waals surface area contributed by atoms with Crippen LogP contribution in [0.5, 0.6) is 0 Å². The normalized spacial score (nSPS) is 10.4. The second kappa shape index (κ2) is 6.13. The van der Waals surface area contributed by atoms with Gasteiger partial charge in [-0.25, -0.2) is 0 Å². The molecule has 0 unspecified atom stereocenters. The van der Waals surface area contributed by atoms with Crippen molar-refractivity contribution < 1.29 is 0 Å². The van der Waals surface area contributed by atoms with Crippen LogP contribution in [0.25, 0.3) is 0 Å². The van der Waals surface area contributed by atoms with E-state index in [1.807, 2.05) is 0 Å². The van der Waals surface area contributed by atoms with Crippen molar-refractivity contribution in [3.63, 3.8) is 0 Å². The summed E-state index contributed by atoms with van der Waals surface area (Å²) in [6.45, 7) is 3.94. The van der Waals surface area contributed by atoms with Gasteiger partial charge in [0.2, 0.25) is 0 Å². The van der Waals surface area contributed by atoms with E-state index in [1.54, 1.807) is 0 Å². The van der Waals surface area contributed by atoms with Gasteiger partial charge in [-0.05, 0) is 44.0 Å². The van der Waals surface area contributed by atoms with Crippen LogP contribution in [-0.4, -0.2) is 20.1 Å². The topological polar surface area (TPSA) is 29.3 Å². The van der Waals surface area contributed by atoms with E-state index in [0.717, 1.165) is 25.9 Å². The Bertz CT molecular complexity index is 312. The van der Waals surface area contributed by atoms with Crippen LogP contribution in [0.3, 0.4) is 0 Å². The molecule has 84 valence electrons. The highest BCUT2D eigenvalue weighted by Crippen LogP contribution is 2.22. The minimum absolute atomic E-state index is 0.783. The van der Waals surface area contributed by atoms with Gasteiger partial charge in [0.1, 0.15) is 0 Å².